The molecule has 0 aliphatic heterocycles. The molecular formula is C60H60N6O6S2. The van der Waals surface area contributed by atoms with Crippen LogP contribution in [0.3, 0.4) is 0 Å². The van der Waals surface area contributed by atoms with E-state index >= 15 is 0 Å². The molecule has 0 saturated heterocycles. The summed E-state index contributed by atoms with van der Waals surface area (Å²) in [5.74, 6) is 1.77. The molecule has 8 rings (SSSR count). The van der Waals surface area contributed by atoms with Gasteiger partial charge in [0.2, 0.25) is 11.8 Å². The number of hydrogen-bond acceptors (Lipinski definition) is 8. The highest BCUT2D eigenvalue weighted by atomic mass is 32.2. The first-order valence-electron chi connectivity index (χ1n) is 24.7. The van der Waals surface area contributed by atoms with Crippen LogP contribution in [-0.4, -0.2) is 52.0 Å². The van der Waals surface area contributed by atoms with Gasteiger partial charge in [-0.05, 0) is 164 Å². The summed E-state index contributed by atoms with van der Waals surface area (Å²) in [5, 5.41) is 5.78. The van der Waals surface area contributed by atoms with Crippen molar-refractivity contribution < 1.29 is 27.5 Å². The molecule has 12 nitrogen and oxygen atoms in total. The van der Waals surface area contributed by atoms with Crippen molar-refractivity contribution in [3.63, 3.8) is 0 Å². The molecule has 6 aromatic carbocycles. The fraction of sp³-hybridized carbons (Fsp3) is 0.200. The normalized spacial score (nSPS) is 12.6. The van der Waals surface area contributed by atoms with Crippen molar-refractivity contribution in [3.8, 4) is 33.8 Å². The van der Waals surface area contributed by atoms with Crippen LogP contribution in [0.5, 0.6) is 11.5 Å². The lowest BCUT2D eigenvalue weighted by atomic mass is 10.0. The van der Waals surface area contributed by atoms with Crippen LogP contribution in [0.15, 0.2) is 193 Å². The Morgan fingerprint density at radius 2 is 1.07 bits per heavy atom. The quantitative estimate of drug-likeness (QED) is 0.0569. The van der Waals surface area contributed by atoms with Crippen molar-refractivity contribution in [1.29, 1.82) is 0 Å². The molecule has 14 heteroatoms. The predicted molar refractivity (Wildman–Crippen MR) is 297 cm³/mol. The van der Waals surface area contributed by atoms with Gasteiger partial charge >= 0.3 is 0 Å². The summed E-state index contributed by atoms with van der Waals surface area (Å²) in [5.41, 5.74) is 8.96. The summed E-state index contributed by atoms with van der Waals surface area (Å²) < 4.78 is 42.4. The lowest BCUT2D eigenvalue weighted by molar-refractivity contribution is -0.112. The molecule has 1 unspecified atom stereocenters. The van der Waals surface area contributed by atoms with Gasteiger partial charge in [-0.3, -0.25) is 18.0 Å². The molecule has 74 heavy (non-hydrogen) atoms. The number of carbonyl (C=O) groups excluding carboxylic acids is 2. The van der Waals surface area contributed by atoms with Gasteiger partial charge in [-0.25, -0.2) is 9.97 Å². The average molecular weight is 1030 g/mol. The molecule has 2 amide bonds. The Kier molecular flexibility index (Phi) is 18.5. The minimum atomic E-state index is -1.32. The number of aromatic nitrogens is 4. The third kappa shape index (κ3) is 15.1. The minimum Gasteiger partial charge on any atom is -0.494 e. The number of nitrogens with one attached hydrogen (secondary N) is 2. The third-order valence-corrected chi connectivity index (χ3v) is 14.8. The van der Waals surface area contributed by atoms with Crippen molar-refractivity contribution in [3.05, 3.63) is 205 Å². The number of nitrogens with zero attached hydrogens (tertiary/aromatic N) is 4. The van der Waals surface area contributed by atoms with E-state index in [1.54, 1.807) is 85.7 Å². The van der Waals surface area contributed by atoms with Gasteiger partial charge in [0.25, 0.3) is 0 Å². The SMILES string of the molecule is CCCn1cncc1C[S@@](=O)c1ccc(NC(=O)/C=C/c2cccc(-c3ccc(OC(C)CCCn4cncc4C[S@](=O)c4ccc(NC(=O)/C=C/c5cccc(-c6ccc(OCC)cc6)c5)cc4)cc3)c2)cc1. The van der Waals surface area contributed by atoms with Crippen LogP contribution >= 0.6 is 0 Å². The molecule has 2 aromatic heterocycles. The monoisotopic (exact) mass is 1020 g/mol. The fourth-order valence-corrected chi connectivity index (χ4v) is 10.5. The van der Waals surface area contributed by atoms with E-state index in [0.717, 1.165) is 82.1 Å². The Bertz CT molecular complexity index is 3240. The van der Waals surface area contributed by atoms with Gasteiger partial charge in [0.1, 0.15) is 11.5 Å². The van der Waals surface area contributed by atoms with E-state index in [1.807, 2.05) is 113 Å². The fourth-order valence-electron chi connectivity index (χ4n) is 8.23. The molecule has 2 heterocycles. The van der Waals surface area contributed by atoms with Crippen LogP contribution in [0.25, 0.3) is 34.4 Å². The molecule has 0 aliphatic rings. The highest BCUT2D eigenvalue weighted by molar-refractivity contribution is 7.84. The predicted octanol–water partition coefficient (Wildman–Crippen LogP) is 12.4. The van der Waals surface area contributed by atoms with E-state index in [1.165, 1.54) is 12.2 Å². The second-order valence-electron chi connectivity index (χ2n) is 17.6. The zero-order valence-electron chi connectivity index (χ0n) is 41.8. The van der Waals surface area contributed by atoms with Gasteiger partial charge in [-0.1, -0.05) is 67.6 Å². The summed E-state index contributed by atoms with van der Waals surface area (Å²) >= 11 is 0. The lowest BCUT2D eigenvalue weighted by Crippen LogP contribution is -2.13. The number of aryl methyl sites for hydroxylation is 2. The maximum absolute atomic E-state index is 13.4. The largest absolute Gasteiger partial charge is 0.494 e. The summed E-state index contributed by atoms with van der Waals surface area (Å²) in [6.07, 6.45) is 16.2. The van der Waals surface area contributed by atoms with Crippen molar-refractivity contribution in [2.45, 2.75) is 80.5 Å². The Balaban J connectivity index is 0.748. The van der Waals surface area contributed by atoms with Gasteiger partial charge < -0.3 is 29.2 Å². The highest BCUT2D eigenvalue weighted by Gasteiger charge is 2.13. The second-order valence-corrected chi connectivity index (χ2v) is 20.5. The molecule has 3 atom stereocenters. The van der Waals surface area contributed by atoms with E-state index in [0.29, 0.717) is 45.8 Å². The number of imidazole rings is 2. The molecule has 2 N–H and O–H groups in total. The topological polar surface area (TPSA) is 146 Å². The summed E-state index contributed by atoms with van der Waals surface area (Å²) in [6, 6.07) is 46.1. The number of amides is 2. The van der Waals surface area contributed by atoms with Gasteiger partial charge in [-0.15, -0.1) is 0 Å². The van der Waals surface area contributed by atoms with Gasteiger partial charge in [-0.2, -0.15) is 0 Å². The molecule has 378 valence electrons. The van der Waals surface area contributed by atoms with E-state index in [4.69, 9.17) is 9.47 Å². The van der Waals surface area contributed by atoms with Crippen LogP contribution in [0.4, 0.5) is 11.4 Å². The van der Waals surface area contributed by atoms with Crippen LogP contribution in [0.2, 0.25) is 0 Å². The molecule has 0 spiro atoms. The van der Waals surface area contributed by atoms with Gasteiger partial charge in [0.15, 0.2) is 0 Å². The Morgan fingerprint density at radius 1 is 0.595 bits per heavy atom. The number of ether oxygens (including phenoxy) is 2. The van der Waals surface area contributed by atoms with E-state index in [2.05, 4.69) is 34.4 Å². The first-order chi connectivity index (χ1) is 36.1. The number of carbonyl (C=O) groups is 2. The zero-order valence-corrected chi connectivity index (χ0v) is 43.4. The third-order valence-electron chi connectivity index (χ3n) is 12.0. The first-order valence-corrected chi connectivity index (χ1v) is 27.4. The maximum Gasteiger partial charge on any atom is 0.248 e. The van der Waals surface area contributed by atoms with Crippen molar-refractivity contribution >= 4 is 56.9 Å². The maximum atomic E-state index is 13.4. The average Bonchev–Trinajstić information content (AvgIpc) is 4.06. The Hall–Kier alpha value is -7.94. The van der Waals surface area contributed by atoms with Crippen molar-refractivity contribution in [2.24, 2.45) is 0 Å². The summed E-state index contributed by atoms with van der Waals surface area (Å²) in [7, 11) is -2.55. The molecule has 0 radical (unpaired) electrons. The zero-order chi connectivity index (χ0) is 51.7. The molecule has 8 aromatic rings. The Morgan fingerprint density at radius 3 is 1.54 bits per heavy atom. The molecule has 0 saturated carbocycles. The smallest absolute Gasteiger partial charge is 0.248 e. The number of benzene rings is 6. The standard InChI is InChI=1S/C60H60N6O6S2/c1-4-34-65-42-61-38-53(65)40-73(69)57-28-20-51(21-29-57)63-60(68)33-15-46-11-7-13-50(37-46)48-18-26-56(27-19-48)72-44(3)9-8-35-66-43-62-39-54(66)41-74(70)58-30-22-52(23-31-58)64-59(67)32-14-45-10-6-12-49(36-45)47-16-24-55(25-17-47)71-5-2/h6-7,10-33,36-39,42-44H,4-5,8-9,34-35,40-41H2,1-3H3,(H,63,68)(H,64,67)/b32-14+,33-15+/t44?,73-,74+/m1/s1. The van der Waals surface area contributed by atoms with Crippen molar-refractivity contribution in [1.82, 2.24) is 19.1 Å². The number of anilines is 2. The highest BCUT2D eigenvalue weighted by Crippen LogP contribution is 2.27. The molecule has 0 bridgehead atoms. The summed E-state index contributed by atoms with van der Waals surface area (Å²) in [4.78, 5) is 35.5. The molecule has 0 aliphatic carbocycles. The van der Waals surface area contributed by atoms with E-state index in [-0.39, 0.29) is 17.9 Å². The van der Waals surface area contributed by atoms with E-state index in [9.17, 15) is 18.0 Å². The van der Waals surface area contributed by atoms with Gasteiger partial charge in [0.05, 0.1) is 69.9 Å². The van der Waals surface area contributed by atoms with Crippen LogP contribution in [-0.2, 0) is 55.8 Å². The second kappa shape index (κ2) is 26.1. The number of rotatable bonds is 24. The first kappa shape index (κ1) is 52.4. The van der Waals surface area contributed by atoms with Crippen LogP contribution < -0.4 is 20.1 Å². The van der Waals surface area contributed by atoms with Crippen LogP contribution in [0.1, 0.15) is 62.5 Å². The molecule has 0 fully saturated rings. The Labute approximate surface area is 438 Å². The lowest BCUT2D eigenvalue weighted by Gasteiger charge is -2.16. The van der Waals surface area contributed by atoms with E-state index < -0.39 is 21.6 Å². The van der Waals surface area contributed by atoms with Crippen LogP contribution in [0, 0.1) is 0 Å². The molecular weight excluding hydrogens is 965 g/mol. The van der Waals surface area contributed by atoms with Crippen molar-refractivity contribution in [2.75, 3.05) is 17.2 Å². The number of hydrogen-bond donors (Lipinski definition) is 2. The van der Waals surface area contributed by atoms with Gasteiger partial charge in [0, 0.05) is 58.8 Å². The summed E-state index contributed by atoms with van der Waals surface area (Å²) in [6.45, 7) is 8.27. The minimum absolute atomic E-state index is 0.0362.